The lowest BCUT2D eigenvalue weighted by Crippen LogP contribution is -2.47. The van der Waals surface area contributed by atoms with Gasteiger partial charge >= 0.3 is 5.97 Å². The molecule has 0 radical (unpaired) electrons. The highest BCUT2D eigenvalue weighted by Crippen LogP contribution is 2.31. The summed E-state index contributed by atoms with van der Waals surface area (Å²) in [4.78, 5) is 26.1. The molecule has 19 heavy (non-hydrogen) atoms. The second-order valence-corrected chi connectivity index (χ2v) is 5.31. The first kappa shape index (κ1) is 13.6. The third-order valence-electron chi connectivity index (χ3n) is 3.59. The normalized spacial score (nSPS) is 14.8. The predicted octanol–water partition coefficient (Wildman–Crippen LogP) is 2.17. The Labute approximate surface area is 113 Å². The van der Waals surface area contributed by atoms with Gasteiger partial charge in [0.2, 0.25) is 5.91 Å². The SMILES string of the molecule is COC(=O)C(C)(C)C(=O)N1CCCc2ccccc21. The Balaban J connectivity index is 2.34. The predicted molar refractivity (Wildman–Crippen MR) is 72.9 cm³/mol. The molecule has 0 atom stereocenters. The summed E-state index contributed by atoms with van der Waals surface area (Å²) in [6.45, 7) is 3.87. The van der Waals surface area contributed by atoms with Crippen molar-refractivity contribution >= 4 is 17.6 Å². The maximum atomic E-state index is 12.6. The van der Waals surface area contributed by atoms with Crippen LogP contribution in [0.3, 0.4) is 0 Å². The minimum absolute atomic E-state index is 0.202. The second kappa shape index (κ2) is 5.03. The molecule has 0 spiro atoms. The van der Waals surface area contributed by atoms with Gasteiger partial charge in [-0.15, -0.1) is 0 Å². The van der Waals surface area contributed by atoms with Crippen molar-refractivity contribution in [3.8, 4) is 0 Å². The Morgan fingerprint density at radius 1 is 1.26 bits per heavy atom. The number of esters is 1. The summed E-state index contributed by atoms with van der Waals surface area (Å²) in [7, 11) is 1.31. The first-order chi connectivity index (χ1) is 8.98. The van der Waals surface area contributed by atoms with Gasteiger partial charge in [-0.3, -0.25) is 9.59 Å². The van der Waals surface area contributed by atoms with Gasteiger partial charge in [-0.2, -0.15) is 0 Å². The number of fused-ring (bicyclic) bond motifs is 1. The van der Waals surface area contributed by atoms with E-state index in [4.69, 9.17) is 4.74 Å². The molecule has 0 N–H and O–H groups in total. The van der Waals surface area contributed by atoms with Crippen molar-refractivity contribution in [2.45, 2.75) is 26.7 Å². The van der Waals surface area contributed by atoms with Crippen LogP contribution in [0.1, 0.15) is 25.8 Å². The fraction of sp³-hybridized carbons (Fsp3) is 0.467. The van der Waals surface area contributed by atoms with Crippen LogP contribution in [0.2, 0.25) is 0 Å². The molecule has 4 nitrogen and oxygen atoms in total. The maximum absolute atomic E-state index is 12.6. The molecule has 0 saturated heterocycles. The summed E-state index contributed by atoms with van der Waals surface area (Å²) >= 11 is 0. The summed E-state index contributed by atoms with van der Waals surface area (Å²) < 4.78 is 4.73. The van der Waals surface area contributed by atoms with Crippen LogP contribution in [0, 0.1) is 5.41 Å². The number of rotatable bonds is 2. The van der Waals surface area contributed by atoms with E-state index in [1.54, 1.807) is 18.7 Å². The van der Waals surface area contributed by atoms with Crippen LogP contribution in [0.4, 0.5) is 5.69 Å². The lowest BCUT2D eigenvalue weighted by molar-refractivity contribution is -0.155. The molecule has 0 aliphatic carbocycles. The number of hydrogen-bond donors (Lipinski definition) is 0. The number of amides is 1. The Bertz CT molecular complexity index is 508. The summed E-state index contributed by atoms with van der Waals surface area (Å²) in [6, 6.07) is 7.84. The van der Waals surface area contributed by atoms with Crippen molar-refractivity contribution in [2.75, 3.05) is 18.6 Å². The van der Waals surface area contributed by atoms with Crippen molar-refractivity contribution in [3.05, 3.63) is 29.8 Å². The fourth-order valence-electron chi connectivity index (χ4n) is 2.42. The van der Waals surface area contributed by atoms with Gasteiger partial charge in [0, 0.05) is 12.2 Å². The number of benzene rings is 1. The van der Waals surface area contributed by atoms with Crippen LogP contribution in [-0.4, -0.2) is 25.5 Å². The van der Waals surface area contributed by atoms with Gasteiger partial charge in [0.15, 0.2) is 0 Å². The first-order valence-electron chi connectivity index (χ1n) is 6.46. The van der Waals surface area contributed by atoms with Crippen molar-refractivity contribution < 1.29 is 14.3 Å². The molecular weight excluding hydrogens is 242 g/mol. The number of carbonyl (C=O) groups is 2. The lowest BCUT2D eigenvalue weighted by Gasteiger charge is -2.34. The molecule has 4 heteroatoms. The number of aryl methyl sites for hydroxylation is 1. The van der Waals surface area contributed by atoms with Crippen LogP contribution >= 0.6 is 0 Å². The number of carbonyl (C=O) groups excluding carboxylic acids is 2. The first-order valence-corrected chi connectivity index (χ1v) is 6.46. The number of methoxy groups -OCH3 is 1. The molecule has 102 valence electrons. The summed E-state index contributed by atoms with van der Waals surface area (Å²) in [6.07, 6.45) is 1.89. The number of hydrogen-bond acceptors (Lipinski definition) is 3. The molecule has 1 aliphatic rings. The lowest BCUT2D eigenvalue weighted by atomic mass is 9.90. The van der Waals surface area contributed by atoms with Crippen molar-refractivity contribution in [1.82, 2.24) is 0 Å². The van der Waals surface area contributed by atoms with E-state index >= 15 is 0 Å². The standard InChI is InChI=1S/C15H19NO3/c1-15(2,14(18)19-3)13(17)16-10-6-8-11-7-4-5-9-12(11)16/h4-5,7,9H,6,8,10H2,1-3H3. The molecular formula is C15H19NO3. The minimum atomic E-state index is -1.15. The molecule has 1 aromatic carbocycles. The Hall–Kier alpha value is -1.84. The minimum Gasteiger partial charge on any atom is -0.468 e. The zero-order valence-corrected chi connectivity index (χ0v) is 11.6. The van der Waals surface area contributed by atoms with E-state index in [0.29, 0.717) is 6.54 Å². The van der Waals surface area contributed by atoms with Crippen LogP contribution in [-0.2, 0) is 20.7 Å². The van der Waals surface area contributed by atoms with E-state index in [1.807, 2.05) is 24.3 Å². The molecule has 0 fully saturated rings. The van der Waals surface area contributed by atoms with E-state index in [0.717, 1.165) is 24.1 Å². The zero-order valence-electron chi connectivity index (χ0n) is 11.6. The fourth-order valence-corrected chi connectivity index (χ4v) is 2.42. The van der Waals surface area contributed by atoms with Crippen LogP contribution in [0.5, 0.6) is 0 Å². The van der Waals surface area contributed by atoms with Gasteiger partial charge in [-0.1, -0.05) is 18.2 Å². The van der Waals surface area contributed by atoms with Crippen LogP contribution in [0.25, 0.3) is 0 Å². The molecule has 1 aromatic rings. The molecule has 0 aromatic heterocycles. The van der Waals surface area contributed by atoms with Crippen LogP contribution < -0.4 is 4.90 Å². The smallest absolute Gasteiger partial charge is 0.320 e. The molecule has 1 heterocycles. The van der Waals surface area contributed by atoms with Gasteiger partial charge in [-0.25, -0.2) is 0 Å². The third kappa shape index (κ3) is 2.35. The Morgan fingerprint density at radius 3 is 2.63 bits per heavy atom. The molecule has 1 amide bonds. The highest BCUT2D eigenvalue weighted by molar-refractivity contribution is 6.09. The van der Waals surface area contributed by atoms with E-state index in [9.17, 15) is 9.59 Å². The average molecular weight is 261 g/mol. The number of ether oxygens (including phenoxy) is 1. The van der Waals surface area contributed by atoms with Gasteiger partial charge in [-0.05, 0) is 38.3 Å². The van der Waals surface area contributed by atoms with Gasteiger partial charge in [0.25, 0.3) is 0 Å². The summed E-state index contributed by atoms with van der Waals surface area (Å²) in [5.74, 6) is -0.702. The zero-order chi connectivity index (χ0) is 14.0. The summed E-state index contributed by atoms with van der Waals surface area (Å²) in [5, 5.41) is 0. The van der Waals surface area contributed by atoms with Gasteiger partial charge in [0.1, 0.15) is 5.41 Å². The third-order valence-corrected chi connectivity index (χ3v) is 3.59. The average Bonchev–Trinajstić information content (AvgIpc) is 2.44. The maximum Gasteiger partial charge on any atom is 0.320 e. The monoisotopic (exact) mass is 261 g/mol. The largest absolute Gasteiger partial charge is 0.468 e. The summed E-state index contributed by atoms with van der Waals surface area (Å²) in [5.41, 5.74) is 0.914. The number of anilines is 1. The topological polar surface area (TPSA) is 46.6 Å². The van der Waals surface area contributed by atoms with E-state index in [-0.39, 0.29) is 5.91 Å². The highest BCUT2D eigenvalue weighted by atomic mass is 16.5. The van der Waals surface area contributed by atoms with Gasteiger partial charge in [0.05, 0.1) is 7.11 Å². The number of nitrogens with zero attached hydrogens (tertiary/aromatic N) is 1. The van der Waals surface area contributed by atoms with Crippen LogP contribution in [0.15, 0.2) is 24.3 Å². The van der Waals surface area contributed by atoms with Gasteiger partial charge < -0.3 is 9.64 Å². The molecule has 0 saturated carbocycles. The highest BCUT2D eigenvalue weighted by Gasteiger charge is 2.41. The molecule has 0 bridgehead atoms. The van der Waals surface area contributed by atoms with Crippen molar-refractivity contribution in [1.29, 1.82) is 0 Å². The Kier molecular flexibility index (Phi) is 3.60. The second-order valence-electron chi connectivity index (χ2n) is 5.31. The molecule has 0 unspecified atom stereocenters. The molecule has 1 aliphatic heterocycles. The van der Waals surface area contributed by atoms with Crippen molar-refractivity contribution in [3.63, 3.8) is 0 Å². The van der Waals surface area contributed by atoms with Crippen molar-refractivity contribution in [2.24, 2.45) is 5.41 Å². The van der Waals surface area contributed by atoms with E-state index < -0.39 is 11.4 Å². The molecule has 2 rings (SSSR count). The quantitative estimate of drug-likeness (QED) is 0.605. The Morgan fingerprint density at radius 2 is 1.95 bits per heavy atom. The van der Waals surface area contributed by atoms with E-state index in [1.165, 1.54) is 7.11 Å². The van der Waals surface area contributed by atoms with E-state index in [2.05, 4.69) is 0 Å². The number of para-hydroxylation sites is 1.